The van der Waals surface area contributed by atoms with Gasteiger partial charge in [-0.15, -0.1) is 0 Å². The summed E-state index contributed by atoms with van der Waals surface area (Å²) < 4.78 is 7.84. The van der Waals surface area contributed by atoms with E-state index in [1.165, 1.54) is 5.56 Å². The van der Waals surface area contributed by atoms with Gasteiger partial charge in [0, 0.05) is 44.2 Å². The lowest BCUT2D eigenvalue weighted by molar-refractivity contribution is 0.463. The van der Waals surface area contributed by atoms with Crippen LogP contribution in [0, 0.1) is 0 Å². The van der Waals surface area contributed by atoms with E-state index >= 15 is 0 Å². The minimum absolute atomic E-state index is 0.507. The molecule has 0 saturated carbocycles. The lowest BCUT2D eigenvalue weighted by Gasteiger charge is -2.08. The first-order chi connectivity index (χ1) is 16.1. The molecule has 0 fully saturated rings. The zero-order chi connectivity index (χ0) is 22.6. The van der Waals surface area contributed by atoms with Gasteiger partial charge in [0.2, 0.25) is 11.8 Å². The summed E-state index contributed by atoms with van der Waals surface area (Å²) in [5, 5.41) is 4.01. The smallest absolute Gasteiger partial charge is 0.219 e. The molecule has 0 atom stereocenters. The average molecular weight is 456 g/mol. The lowest BCUT2D eigenvalue weighted by Crippen LogP contribution is -2.05. The van der Waals surface area contributed by atoms with Gasteiger partial charge >= 0.3 is 0 Å². The van der Waals surface area contributed by atoms with Crippen molar-refractivity contribution in [3.63, 3.8) is 0 Å². The maximum atomic E-state index is 5.86. The Bertz CT molecular complexity index is 1370. The van der Waals surface area contributed by atoms with Crippen LogP contribution >= 0.6 is 11.6 Å². The highest BCUT2D eigenvalue weighted by Crippen LogP contribution is 2.23. The maximum Gasteiger partial charge on any atom is 0.219 e. The largest absolute Gasteiger partial charge is 0.439 e. The molecule has 6 nitrogen and oxygen atoms in total. The highest BCUT2D eigenvalue weighted by atomic mass is 35.5. The van der Waals surface area contributed by atoms with Crippen LogP contribution in [-0.4, -0.2) is 19.5 Å². The molecule has 0 saturated heterocycles. The van der Waals surface area contributed by atoms with Crippen molar-refractivity contribution < 1.29 is 4.74 Å². The number of benzene rings is 2. The van der Waals surface area contributed by atoms with Gasteiger partial charge in [0.25, 0.3) is 0 Å². The number of pyridine rings is 2. The molecule has 0 unspecified atom stereocenters. The van der Waals surface area contributed by atoms with E-state index in [9.17, 15) is 0 Å². The molecule has 33 heavy (non-hydrogen) atoms. The van der Waals surface area contributed by atoms with E-state index in [2.05, 4.69) is 38.1 Å². The quantitative estimate of drug-likeness (QED) is 0.325. The first kappa shape index (κ1) is 21.0. The van der Waals surface area contributed by atoms with E-state index in [1.807, 2.05) is 55.7 Å². The number of aromatic nitrogens is 4. The second-order valence-electron chi connectivity index (χ2n) is 7.73. The molecule has 2 aromatic carbocycles. The minimum Gasteiger partial charge on any atom is -0.439 e. The van der Waals surface area contributed by atoms with Crippen LogP contribution in [0.5, 0.6) is 11.6 Å². The van der Waals surface area contributed by atoms with Crippen LogP contribution in [0.15, 0.2) is 85.2 Å². The van der Waals surface area contributed by atoms with Gasteiger partial charge in [-0.2, -0.15) is 0 Å². The van der Waals surface area contributed by atoms with E-state index in [0.29, 0.717) is 17.4 Å². The van der Waals surface area contributed by atoms with Gasteiger partial charge in [0.1, 0.15) is 5.75 Å². The number of nitrogens with zero attached hydrogens (tertiary/aromatic N) is 4. The minimum atomic E-state index is 0.507. The number of imidazole rings is 1. The Kier molecular flexibility index (Phi) is 5.91. The van der Waals surface area contributed by atoms with Gasteiger partial charge in [-0.1, -0.05) is 35.9 Å². The fourth-order valence-electron chi connectivity index (χ4n) is 3.62. The number of ether oxygens (including phenoxy) is 1. The number of halogens is 1. The fourth-order valence-corrected chi connectivity index (χ4v) is 3.73. The van der Waals surface area contributed by atoms with Gasteiger partial charge in [0.15, 0.2) is 0 Å². The molecule has 7 heteroatoms. The molecule has 0 bridgehead atoms. The van der Waals surface area contributed by atoms with Crippen molar-refractivity contribution in [1.29, 1.82) is 0 Å². The fraction of sp³-hybridized carbons (Fsp3) is 0.115. The second-order valence-corrected chi connectivity index (χ2v) is 8.17. The summed E-state index contributed by atoms with van der Waals surface area (Å²) in [6.45, 7) is 0.650. The van der Waals surface area contributed by atoms with Crippen LogP contribution in [0.3, 0.4) is 0 Å². The summed E-state index contributed by atoms with van der Waals surface area (Å²) in [4.78, 5) is 13.3. The third kappa shape index (κ3) is 4.96. The highest BCUT2D eigenvalue weighted by Gasteiger charge is 2.09. The third-order valence-corrected chi connectivity index (χ3v) is 5.58. The molecule has 0 radical (unpaired) electrons. The molecule has 3 heterocycles. The average Bonchev–Trinajstić information content (AvgIpc) is 3.16. The van der Waals surface area contributed by atoms with Gasteiger partial charge in [-0.05, 0) is 53.6 Å². The van der Waals surface area contributed by atoms with Crippen molar-refractivity contribution >= 4 is 28.6 Å². The second kappa shape index (κ2) is 9.30. The zero-order valence-corrected chi connectivity index (χ0v) is 18.8. The van der Waals surface area contributed by atoms with E-state index in [1.54, 1.807) is 18.3 Å². The predicted octanol–water partition coefficient (Wildman–Crippen LogP) is 6.01. The summed E-state index contributed by atoms with van der Waals surface area (Å²) in [7, 11) is 2.03. The Balaban J connectivity index is 1.25. The van der Waals surface area contributed by atoms with Crippen molar-refractivity contribution in [2.24, 2.45) is 7.05 Å². The van der Waals surface area contributed by atoms with Crippen molar-refractivity contribution in [3.05, 3.63) is 107 Å². The van der Waals surface area contributed by atoms with Gasteiger partial charge in [-0.3, -0.25) is 4.98 Å². The van der Waals surface area contributed by atoms with Crippen LogP contribution in [0.4, 0.5) is 5.95 Å². The Morgan fingerprint density at radius 3 is 2.55 bits per heavy atom. The van der Waals surface area contributed by atoms with E-state index in [0.717, 1.165) is 40.4 Å². The monoisotopic (exact) mass is 455 g/mol. The van der Waals surface area contributed by atoms with Gasteiger partial charge in [-0.25, -0.2) is 9.97 Å². The maximum absolute atomic E-state index is 5.86. The zero-order valence-electron chi connectivity index (χ0n) is 18.1. The van der Waals surface area contributed by atoms with Crippen molar-refractivity contribution in [1.82, 2.24) is 19.5 Å². The number of nitrogens with one attached hydrogen (secondary N) is 1. The third-order valence-electron chi connectivity index (χ3n) is 5.35. The molecule has 0 aliphatic heterocycles. The number of fused-ring (bicyclic) bond motifs is 1. The topological polar surface area (TPSA) is 64.9 Å². The van der Waals surface area contributed by atoms with Crippen molar-refractivity contribution in [2.45, 2.75) is 13.0 Å². The Morgan fingerprint density at radius 2 is 1.79 bits per heavy atom. The van der Waals surface area contributed by atoms with Crippen LogP contribution in [0.1, 0.15) is 16.8 Å². The van der Waals surface area contributed by atoms with E-state index in [4.69, 9.17) is 21.3 Å². The predicted molar refractivity (Wildman–Crippen MR) is 131 cm³/mol. The molecule has 0 aliphatic rings. The van der Waals surface area contributed by atoms with Gasteiger partial charge in [0.05, 0.1) is 16.1 Å². The van der Waals surface area contributed by atoms with Crippen molar-refractivity contribution in [3.8, 4) is 11.6 Å². The van der Waals surface area contributed by atoms with E-state index in [-0.39, 0.29) is 0 Å². The SMILES string of the molecule is Cn1c(NCc2ccc(Oc3ccc(Cl)cn3)cc2)nc2ccc(Cc3ccccn3)cc21. The molecule has 5 rings (SSSR count). The Hall–Kier alpha value is -3.90. The molecule has 0 aliphatic carbocycles. The van der Waals surface area contributed by atoms with Crippen LogP contribution < -0.4 is 10.1 Å². The first-order valence-corrected chi connectivity index (χ1v) is 11.0. The number of aryl methyl sites for hydroxylation is 1. The number of rotatable bonds is 7. The normalized spacial score (nSPS) is 11.0. The van der Waals surface area contributed by atoms with Crippen LogP contribution in [0.25, 0.3) is 11.0 Å². The lowest BCUT2D eigenvalue weighted by atomic mass is 10.1. The van der Waals surface area contributed by atoms with Gasteiger partial charge < -0.3 is 14.6 Å². The summed E-state index contributed by atoms with van der Waals surface area (Å²) in [5.41, 5.74) is 5.43. The van der Waals surface area contributed by atoms with Crippen LogP contribution in [0.2, 0.25) is 5.02 Å². The molecule has 5 aromatic rings. The summed E-state index contributed by atoms with van der Waals surface area (Å²) in [5.74, 6) is 2.05. The summed E-state index contributed by atoms with van der Waals surface area (Å²) in [6.07, 6.45) is 4.19. The molecular formula is C26H22ClN5O. The number of hydrogen-bond acceptors (Lipinski definition) is 5. The van der Waals surface area contributed by atoms with E-state index < -0.39 is 0 Å². The molecule has 1 N–H and O–H groups in total. The highest BCUT2D eigenvalue weighted by molar-refractivity contribution is 6.30. The standard InChI is InChI=1S/C26H22ClN5O/c1-32-24-15-19(14-21-4-2-3-13-28-21)7-11-23(24)31-26(32)30-16-18-5-9-22(10-6-18)33-25-12-8-20(27)17-29-25/h2-13,15,17H,14,16H2,1H3,(H,30,31). The van der Waals surface area contributed by atoms with Crippen molar-refractivity contribution in [2.75, 3.05) is 5.32 Å². The molecular weight excluding hydrogens is 434 g/mol. The summed E-state index contributed by atoms with van der Waals surface area (Å²) in [6, 6.07) is 23.7. The van der Waals surface area contributed by atoms with Crippen LogP contribution in [-0.2, 0) is 20.0 Å². The Labute approximate surface area is 196 Å². The Morgan fingerprint density at radius 1 is 0.939 bits per heavy atom. The summed E-state index contributed by atoms with van der Waals surface area (Å²) >= 11 is 5.86. The number of anilines is 1. The molecule has 0 amide bonds. The number of hydrogen-bond donors (Lipinski definition) is 1. The molecule has 3 aromatic heterocycles. The first-order valence-electron chi connectivity index (χ1n) is 10.6. The molecule has 0 spiro atoms. The molecule has 164 valence electrons.